The number of likely N-dealkylation sites (tertiary alicyclic amines) is 1. The van der Waals surface area contributed by atoms with Gasteiger partial charge in [-0.15, -0.1) is 10.2 Å². The normalized spacial score (nSPS) is 25.6. The summed E-state index contributed by atoms with van der Waals surface area (Å²) in [5.74, 6) is 2.18. The maximum absolute atomic E-state index is 13.1. The number of carbonyl (C=O) groups is 1. The summed E-state index contributed by atoms with van der Waals surface area (Å²) < 4.78 is 7.26. The Hall–Kier alpha value is -2.45. The van der Waals surface area contributed by atoms with E-state index in [0.29, 0.717) is 6.54 Å². The minimum atomic E-state index is -0.223. The molecular weight excluding hydrogens is 344 g/mol. The van der Waals surface area contributed by atoms with E-state index in [1.165, 1.54) is 0 Å². The number of carbonyl (C=O) groups excluding carboxylic acids is 1. The Bertz CT molecular complexity index is 807. The number of amides is 1. The third-order valence-electron chi connectivity index (χ3n) is 5.54. The van der Waals surface area contributed by atoms with E-state index in [-0.39, 0.29) is 23.9 Å². The van der Waals surface area contributed by atoms with Gasteiger partial charge in [-0.3, -0.25) is 4.79 Å². The number of aromatic nitrogens is 3. The Kier molecular flexibility index (Phi) is 5.09. The molecule has 1 amide bonds. The summed E-state index contributed by atoms with van der Waals surface area (Å²) in [6, 6.07) is 7.83. The molecule has 27 heavy (non-hydrogen) atoms. The number of nitrogens with zero attached hydrogens (tertiary/aromatic N) is 4. The van der Waals surface area contributed by atoms with Gasteiger partial charge in [0.2, 0.25) is 5.91 Å². The number of piperidine rings is 1. The molecular formula is C19H26N6O2. The van der Waals surface area contributed by atoms with Crippen molar-refractivity contribution in [3.05, 3.63) is 42.0 Å². The van der Waals surface area contributed by atoms with Crippen LogP contribution in [0.15, 0.2) is 30.6 Å². The first-order chi connectivity index (χ1) is 13.2. The van der Waals surface area contributed by atoms with Gasteiger partial charge in [-0.05, 0) is 37.0 Å². The second kappa shape index (κ2) is 7.66. The van der Waals surface area contributed by atoms with Crippen molar-refractivity contribution in [2.75, 3.05) is 20.2 Å². The van der Waals surface area contributed by atoms with Crippen LogP contribution in [0.25, 0.3) is 0 Å². The number of hydrazine groups is 1. The number of ether oxygens (including phenoxy) is 1. The third-order valence-corrected chi connectivity index (χ3v) is 5.54. The lowest BCUT2D eigenvalue weighted by Gasteiger charge is -2.33. The summed E-state index contributed by atoms with van der Waals surface area (Å²) in [5.41, 5.74) is 7.57. The Balaban J connectivity index is 1.40. The summed E-state index contributed by atoms with van der Waals surface area (Å²) in [7, 11) is 3.62. The fourth-order valence-corrected chi connectivity index (χ4v) is 4.07. The number of rotatable bonds is 4. The molecule has 1 aromatic heterocycles. The van der Waals surface area contributed by atoms with Gasteiger partial charge in [-0.25, -0.2) is 10.9 Å². The average Bonchev–Trinajstić information content (AvgIpc) is 3.37. The minimum Gasteiger partial charge on any atom is -0.497 e. The lowest BCUT2D eigenvalue weighted by atomic mass is 9.95. The SMILES string of the molecule is COc1cccc(C2CC(C(=O)N3CCCC(c4nncn4C)C3)NN2)c1. The molecule has 2 aliphatic rings. The Labute approximate surface area is 158 Å². The quantitative estimate of drug-likeness (QED) is 0.840. The molecule has 4 rings (SSSR count). The lowest BCUT2D eigenvalue weighted by Crippen LogP contribution is -2.48. The highest BCUT2D eigenvalue weighted by Gasteiger charge is 2.35. The van der Waals surface area contributed by atoms with Gasteiger partial charge in [-0.2, -0.15) is 0 Å². The van der Waals surface area contributed by atoms with Gasteiger partial charge in [0.25, 0.3) is 0 Å². The van der Waals surface area contributed by atoms with E-state index in [1.807, 2.05) is 34.7 Å². The lowest BCUT2D eigenvalue weighted by molar-refractivity contribution is -0.134. The molecule has 144 valence electrons. The van der Waals surface area contributed by atoms with E-state index < -0.39 is 0 Å². The Morgan fingerprint density at radius 2 is 2.22 bits per heavy atom. The molecule has 8 heteroatoms. The van der Waals surface area contributed by atoms with Gasteiger partial charge >= 0.3 is 0 Å². The molecule has 0 bridgehead atoms. The van der Waals surface area contributed by atoms with E-state index in [2.05, 4.69) is 27.1 Å². The van der Waals surface area contributed by atoms with Gasteiger partial charge < -0.3 is 14.2 Å². The zero-order valence-electron chi connectivity index (χ0n) is 15.8. The maximum Gasteiger partial charge on any atom is 0.241 e. The van der Waals surface area contributed by atoms with Crippen LogP contribution in [0.2, 0.25) is 0 Å². The zero-order valence-corrected chi connectivity index (χ0v) is 15.8. The molecule has 1 aromatic carbocycles. The highest BCUT2D eigenvalue weighted by atomic mass is 16.5. The molecule has 8 nitrogen and oxygen atoms in total. The van der Waals surface area contributed by atoms with Gasteiger partial charge in [0.05, 0.1) is 7.11 Å². The molecule has 2 fully saturated rings. The van der Waals surface area contributed by atoms with Crippen molar-refractivity contribution in [3.63, 3.8) is 0 Å². The molecule has 0 radical (unpaired) electrons. The van der Waals surface area contributed by atoms with E-state index >= 15 is 0 Å². The van der Waals surface area contributed by atoms with E-state index in [1.54, 1.807) is 13.4 Å². The first-order valence-corrected chi connectivity index (χ1v) is 9.43. The molecule has 0 saturated carbocycles. The van der Waals surface area contributed by atoms with E-state index in [4.69, 9.17) is 4.74 Å². The number of hydrogen-bond donors (Lipinski definition) is 2. The Morgan fingerprint density at radius 1 is 1.33 bits per heavy atom. The highest BCUT2D eigenvalue weighted by molar-refractivity contribution is 5.82. The predicted octanol–water partition coefficient (Wildman–Crippen LogP) is 1.14. The van der Waals surface area contributed by atoms with Gasteiger partial charge in [0.1, 0.15) is 23.9 Å². The molecule has 2 aliphatic heterocycles. The van der Waals surface area contributed by atoms with Crippen LogP contribution in [0.3, 0.4) is 0 Å². The van der Waals surface area contributed by atoms with Crippen LogP contribution in [0.1, 0.15) is 42.6 Å². The number of aryl methyl sites for hydroxylation is 1. The zero-order chi connectivity index (χ0) is 18.8. The number of hydrogen-bond acceptors (Lipinski definition) is 6. The summed E-state index contributed by atoms with van der Waals surface area (Å²) in [5, 5.41) is 8.21. The van der Waals surface area contributed by atoms with Crippen molar-refractivity contribution in [1.29, 1.82) is 0 Å². The fourth-order valence-electron chi connectivity index (χ4n) is 4.07. The standard InChI is InChI=1S/C19H26N6O2/c1-24-12-20-23-18(24)14-6-4-8-25(11-14)19(26)17-10-16(21-22-17)13-5-3-7-15(9-13)27-2/h3,5,7,9,12,14,16-17,21-22H,4,6,8,10-11H2,1-2H3. The first kappa shape index (κ1) is 17.9. The van der Waals surface area contributed by atoms with Gasteiger partial charge in [-0.1, -0.05) is 12.1 Å². The molecule has 0 spiro atoms. The summed E-state index contributed by atoms with van der Waals surface area (Å²) in [6.45, 7) is 1.50. The highest BCUT2D eigenvalue weighted by Crippen LogP contribution is 2.29. The van der Waals surface area contributed by atoms with Crippen molar-refractivity contribution in [2.24, 2.45) is 7.05 Å². The molecule has 2 N–H and O–H groups in total. The second-order valence-electron chi connectivity index (χ2n) is 7.33. The predicted molar refractivity (Wildman–Crippen MR) is 100.0 cm³/mol. The topological polar surface area (TPSA) is 84.3 Å². The van der Waals surface area contributed by atoms with Crippen LogP contribution in [-0.4, -0.2) is 51.8 Å². The van der Waals surface area contributed by atoms with E-state index in [0.717, 1.165) is 42.9 Å². The van der Waals surface area contributed by atoms with Crippen LogP contribution in [-0.2, 0) is 11.8 Å². The van der Waals surface area contributed by atoms with Gasteiger partial charge in [0, 0.05) is 32.1 Å². The molecule has 3 atom stereocenters. The van der Waals surface area contributed by atoms with Crippen molar-refractivity contribution >= 4 is 5.91 Å². The van der Waals surface area contributed by atoms with Crippen LogP contribution in [0, 0.1) is 0 Å². The van der Waals surface area contributed by atoms with Crippen LogP contribution < -0.4 is 15.6 Å². The Morgan fingerprint density at radius 3 is 3.00 bits per heavy atom. The van der Waals surface area contributed by atoms with Crippen molar-refractivity contribution in [2.45, 2.75) is 37.3 Å². The summed E-state index contributed by atoms with van der Waals surface area (Å²) in [4.78, 5) is 15.0. The molecule has 2 aromatic rings. The van der Waals surface area contributed by atoms with Crippen LogP contribution in [0.5, 0.6) is 5.75 Å². The molecule has 2 saturated heterocycles. The van der Waals surface area contributed by atoms with E-state index in [9.17, 15) is 4.79 Å². The van der Waals surface area contributed by atoms with Crippen molar-refractivity contribution in [3.8, 4) is 5.75 Å². The number of nitrogens with one attached hydrogen (secondary N) is 2. The van der Waals surface area contributed by atoms with Crippen molar-refractivity contribution < 1.29 is 9.53 Å². The first-order valence-electron chi connectivity index (χ1n) is 9.43. The van der Waals surface area contributed by atoms with Crippen molar-refractivity contribution in [1.82, 2.24) is 30.5 Å². The average molecular weight is 370 g/mol. The second-order valence-corrected chi connectivity index (χ2v) is 7.33. The smallest absolute Gasteiger partial charge is 0.241 e. The molecule has 3 unspecified atom stereocenters. The van der Waals surface area contributed by atoms with Crippen LogP contribution >= 0.6 is 0 Å². The van der Waals surface area contributed by atoms with Crippen LogP contribution in [0.4, 0.5) is 0 Å². The number of benzene rings is 1. The largest absolute Gasteiger partial charge is 0.497 e. The monoisotopic (exact) mass is 370 g/mol. The minimum absolute atomic E-state index is 0.0911. The van der Waals surface area contributed by atoms with Gasteiger partial charge in [0.15, 0.2) is 0 Å². The number of methoxy groups -OCH3 is 1. The molecule has 3 heterocycles. The molecule has 0 aliphatic carbocycles. The maximum atomic E-state index is 13.1. The summed E-state index contributed by atoms with van der Waals surface area (Å²) >= 11 is 0. The third kappa shape index (κ3) is 3.68. The fraction of sp³-hybridized carbons (Fsp3) is 0.526. The summed E-state index contributed by atoms with van der Waals surface area (Å²) in [6.07, 6.45) is 4.47.